The molecule has 0 saturated carbocycles. The minimum atomic E-state index is -0.0380. The summed E-state index contributed by atoms with van der Waals surface area (Å²) in [5, 5.41) is 1.27. The zero-order valence-electron chi connectivity index (χ0n) is 11.3. The zero-order valence-corrected chi connectivity index (χ0v) is 12.8. The van der Waals surface area contributed by atoms with Crippen LogP contribution in [0.5, 0.6) is 0 Å². The van der Waals surface area contributed by atoms with Crippen LogP contribution in [-0.2, 0) is 11.2 Å². The van der Waals surface area contributed by atoms with Crippen molar-refractivity contribution in [2.75, 3.05) is 13.1 Å². The van der Waals surface area contributed by atoms with Crippen LogP contribution in [0.1, 0.15) is 25.8 Å². The maximum Gasteiger partial charge on any atom is 0.225 e. The van der Waals surface area contributed by atoms with Crippen LogP contribution in [0, 0.1) is 11.8 Å². The van der Waals surface area contributed by atoms with Crippen molar-refractivity contribution in [3.8, 4) is 0 Å². The van der Waals surface area contributed by atoms with Gasteiger partial charge in [-0.15, -0.1) is 0 Å². The Bertz CT molecular complexity index is 475. The SMILES string of the molecule is CC1CCN(C(=O)C(C)Cc2ccc(Cl)cc2Cl)C1. The van der Waals surface area contributed by atoms with Crippen LogP contribution in [0.2, 0.25) is 10.0 Å². The molecule has 0 N–H and O–H groups in total. The van der Waals surface area contributed by atoms with Crippen LogP contribution in [0.15, 0.2) is 18.2 Å². The largest absolute Gasteiger partial charge is 0.342 e. The monoisotopic (exact) mass is 299 g/mol. The van der Waals surface area contributed by atoms with Gasteiger partial charge in [0.25, 0.3) is 0 Å². The number of likely N-dealkylation sites (tertiary alicyclic amines) is 1. The molecule has 1 aliphatic heterocycles. The van der Waals surface area contributed by atoms with Gasteiger partial charge < -0.3 is 4.90 Å². The lowest BCUT2D eigenvalue weighted by Crippen LogP contribution is -2.34. The molecule has 1 amide bonds. The van der Waals surface area contributed by atoms with E-state index in [0.29, 0.717) is 22.4 Å². The van der Waals surface area contributed by atoms with Gasteiger partial charge in [-0.2, -0.15) is 0 Å². The smallest absolute Gasteiger partial charge is 0.225 e. The van der Waals surface area contributed by atoms with Crippen molar-refractivity contribution in [2.45, 2.75) is 26.7 Å². The van der Waals surface area contributed by atoms with Gasteiger partial charge in [-0.05, 0) is 36.5 Å². The molecule has 1 aliphatic rings. The highest BCUT2D eigenvalue weighted by atomic mass is 35.5. The molecule has 2 rings (SSSR count). The van der Waals surface area contributed by atoms with Gasteiger partial charge in [-0.1, -0.05) is 43.1 Å². The summed E-state index contributed by atoms with van der Waals surface area (Å²) in [5.74, 6) is 0.814. The van der Waals surface area contributed by atoms with E-state index in [0.717, 1.165) is 25.1 Å². The van der Waals surface area contributed by atoms with E-state index in [1.165, 1.54) is 0 Å². The Balaban J connectivity index is 2.00. The number of amides is 1. The van der Waals surface area contributed by atoms with Crippen LogP contribution in [0.4, 0.5) is 0 Å². The minimum absolute atomic E-state index is 0.0380. The van der Waals surface area contributed by atoms with Gasteiger partial charge in [0.15, 0.2) is 0 Å². The fourth-order valence-corrected chi connectivity index (χ4v) is 3.04. The summed E-state index contributed by atoms with van der Waals surface area (Å²) >= 11 is 12.0. The second kappa shape index (κ2) is 6.15. The van der Waals surface area contributed by atoms with Crippen LogP contribution < -0.4 is 0 Å². The van der Waals surface area contributed by atoms with E-state index in [9.17, 15) is 4.79 Å². The molecule has 2 atom stereocenters. The van der Waals surface area contributed by atoms with Gasteiger partial charge in [0, 0.05) is 29.1 Å². The molecule has 0 bridgehead atoms. The molecular weight excluding hydrogens is 281 g/mol. The number of hydrogen-bond donors (Lipinski definition) is 0. The Kier molecular flexibility index (Phi) is 4.75. The average Bonchev–Trinajstić information content (AvgIpc) is 2.78. The Morgan fingerprint density at radius 2 is 2.21 bits per heavy atom. The van der Waals surface area contributed by atoms with Crippen molar-refractivity contribution < 1.29 is 4.79 Å². The van der Waals surface area contributed by atoms with Crippen LogP contribution >= 0.6 is 23.2 Å². The molecule has 0 aromatic heterocycles. The molecule has 1 aromatic rings. The first-order chi connectivity index (χ1) is 8.97. The Morgan fingerprint density at radius 3 is 2.79 bits per heavy atom. The highest BCUT2D eigenvalue weighted by Gasteiger charge is 2.27. The van der Waals surface area contributed by atoms with Gasteiger partial charge in [-0.25, -0.2) is 0 Å². The molecule has 0 aliphatic carbocycles. The number of hydrogen-bond acceptors (Lipinski definition) is 1. The van der Waals surface area contributed by atoms with Crippen molar-refractivity contribution in [2.24, 2.45) is 11.8 Å². The first-order valence-corrected chi connectivity index (χ1v) is 7.45. The van der Waals surface area contributed by atoms with E-state index in [1.54, 1.807) is 6.07 Å². The molecule has 0 radical (unpaired) electrons. The number of benzene rings is 1. The zero-order chi connectivity index (χ0) is 14.0. The summed E-state index contributed by atoms with van der Waals surface area (Å²) in [6.45, 7) is 5.93. The van der Waals surface area contributed by atoms with E-state index in [1.807, 2.05) is 24.0 Å². The van der Waals surface area contributed by atoms with Crippen molar-refractivity contribution in [3.05, 3.63) is 33.8 Å². The van der Waals surface area contributed by atoms with Crippen molar-refractivity contribution in [1.29, 1.82) is 0 Å². The third kappa shape index (κ3) is 3.64. The molecule has 1 saturated heterocycles. The molecular formula is C15H19Cl2NO. The Labute approximate surface area is 124 Å². The van der Waals surface area contributed by atoms with Crippen LogP contribution in [0.25, 0.3) is 0 Å². The third-order valence-electron chi connectivity index (χ3n) is 3.70. The molecule has 1 fully saturated rings. The summed E-state index contributed by atoms with van der Waals surface area (Å²) < 4.78 is 0. The molecule has 1 aromatic carbocycles. The van der Waals surface area contributed by atoms with Gasteiger partial charge in [0.1, 0.15) is 0 Å². The van der Waals surface area contributed by atoms with Crippen molar-refractivity contribution in [1.82, 2.24) is 4.90 Å². The summed E-state index contributed by atoms with van der Waals surface area (Å²) in [6.07, 6.45) is 1.78. The summed E-state index contributed by atoms with van der Waals surface area (Å²) in [6, 6.07) is 5.45. The van der Waals surface area contributed by atoms with Crippen LogP contribution in [0.3, 0.4) is 0 Å². The molecule has 1 heterocycles. The summed E-state index contributed by atoms with van der Waals surface area (Å²) in [7, 11) is 0. The Hall–Kier alpha value is -0.730. The lowest BCUT2D eigenvalue weighted by Gasteiger charge is -2.21. The highest BCUT2D eigenvalue weighted by molar-refractivity contribution is 6.35. The first-order valence-electron chi connectivity index (χ1n) is 6.70. The molecule has 4 heteroatoms. The van der Waals surface area contributed by atoms with Gasteiger partial charge in [0.2, 0.25) is 5.91 Å². The van der Waals surface area contributed by atoms with E-state index in [-0.39, 0.29) is 11.8 Å². The first kappa shape index (κ1) is 14.7. The molecule has 104 valence electrons. The van der Waals surface area contributed by atoms with E-state index in [4.69, 9.17) is 23.2 Å². The van der Waals surface area contributed by atoms with Crippen LogP contribution in [-0.4, -0.2) is 23.9 Å². The molecule has 0 spiro atoms. The normalized spacial score (nSPS) is 20.6. The Morgan fingerprint density at radius 1 is 1.47 bits per heavy atom. The van der Waals surface area contributed by atoms with Crippen molar-refractivity contribution >= 4 is 29.1 Å². The molecule has 19 heavy (non-hydrogen) atoms. The number of carbonyl (C=O) groups is 1. The van der Waals surface area contributed by atoms with Gasteiger partial charge >= 0.3 is 0 Å². The van der Waals surface area contributed by atoms with E-state index in [2.05, 4.69) is 6.92 Å². The van der Waals surface area contributed by atoms with Gasteiger partial charge in [-0.3, -0.25) is 4.79 Å². The second-order valence-corrected chi connectivity index (χ2v) is 6.36. The van der Waals surface area contributed by atoms with E-state index < -0.39 is 0 Å². The van der Waals surface area contributed by atoms with Gasteiger partial charge in [0.05, 0.1) is 0 Å². The van der Waals surface area contributed by atoms with E-state index >= 15 is 0 Å². The van der Waals surface area contributed by atoms with Crippen molar-refractivity contribution in [3.63, 3.8) is 0 Å². The number of carbonyl (C=O) groups excluding carboxylic acids is 1. The fourth-order valence-electron chi connectivity index (χ4n) is 2.55. The lowest BCUT2D eigenvalue weighted by molar-refractivity contribution is -0.134. The molecule has 2 unspecified atom stereocenters. The quantitative estimate of drug-likeness (QED) is 0.825. The number of rotatable bonds is 3. The fraction of sp³-hybridized carbons (Fsp3) is 0.533. The predicted octanol–water partition coefficient (Wildman–Crippen LogP) is 4.04. The summed E-state index contributed by atoms with van der Waals surface area (Å²) in [5.41, 5.74) is 0.985. The second-order valence-electron chi connectivity index (χ2n) is 5.52. The predicted molar refractivity (Wildman–Crippen MR) is 79.7 cm³/mol. The minimum Gasteiger partial charge on any atom is -0.342 e. The average molecular weight is 300 g/mol. The lowest BCUT2D eigenvalue weighted by atomic mass is 10.00. The topological polar surface area (TPSA) is 20.3 Å². The molecule has 2 nitrogen and oxygen atoms in total. The maximum absolute atomic E-state index is 12.3. The highest BCUT2D eigenvalue weighted by Crippen LogP contribution is 2.25. The standard InChI is InChI=1S/C15H19Cl2NO/c1-10-5-6-18(9-10)15(19)11(2)7-12-3-4-13(16)8-14(12)17/h3-4,8,10-11H,5-7,9H2,1-2H3. The third-order valence-corrected chi connectivity index (χ3v) is 4.29. The maximum atomic E-state index is 12.3. The number of halogens is 2. The summed E-state index contributed by atoms with van der Waals surface area (Å²) in [4.78, 5) is 14.3. The number of nitrogens with zero attached hydrogens (tertiary/aromatic N) is 1.